The van der Waals surface area contributed by atoms with Crippen LogP contribution in [0.25, 0.3) is 0 Å². The highest BCUT2D eigenvalue weighted by Crippen LogP contribution is 2.11. The van der Waals surface area contributed by atoms with E-state index in [1.807, 2.05) is 30.3 Å². The molecule has 2 aromatic rings. The van der Waals surface area contributed by atoms with Crippen molar-refractivity contribution in [1.82, 2.24) is 10.3 Å². The van der Waals surface area contributed by atoms with Crippen molar-refractivity contribution in [2.45, 2.75) is 12.8 Å². The Balaban J connectivity index is 1.67. The fourth-order valence-corrected chi connectivity index (χ4v) is 2.53. The zero-order valence-electron chi connectivity index (χ0n) is 11.8. The minimum atomic E-state index is -0.931. The first-order chi connectivity index (χ1) is 10.6. The van der Waals surface area contributed by atoms with Crippen LogP contribution in [-0.4, -0.2) is 35.1 Å². The second kappa shape index (κ2) is 8.14. The van der Waals surface area contributed by atoms with Gasteiger partial charge in [0.15, 0.2) is 0 Å². The van der Waals surface area contributed by atoms with Crippen molar-refractivity contribution in [2.24, 2.45) is 0 Å². The minimum absolute atomic E-state index is 0.122. The van der Waals surface area contributed by atoms with E-state index in [1.165, 1.54) is 11.3 Å². The lowest BCUT2D eigenvalue weighted by Crippen LogP contribution is -2.29. The summed E-state index contributed by atoms with van der Waals surface area (Å²) in [5, 5.41) is 13.7. The number of para-hydroxylation sites is 1. The first kappa shape index (κ1) is 16.0. The second-order valence-corrected chi connectivity index (χ2v) is 5.43. The Morgan fingerprint density at radius 2 is 2.00 bits per heavy atom. The number of ether oxygens (including phenoxy) is 1. The number of amides is 1. The number of carbonyl (C=O) groups is 2. The van der Waals surface area contributed by atoms with Crippen molar-refractivity contribution >= 4 is 23.2 Å². The molecule has 7 heteroatoms. The molecule has 22 heavy (non-hydrogen) atoms. The highest BCUT2D eigenvalue weighted by molar-refractivity contribution is 7.09. The standard InChI is InChI=1S/C15H16N2O4S/c18-13(9-14-17-11(10-22-14)8-15(19)20)16-6-7-21-12-4-2-1-3-5-12/h1-5,10H,6-9H2,(H,16,18)(H,19,20). The van der Waals surface area contributed by atoms with Crippen molar-refractivity contribution in [3.8, 4) is 5.75 Å². The number of carboxylic acids is 1. The Kier molecular flexibility index (Phi) is 5.91. The molecule has 0 saturated carbocycles. The Bertz CT molecular complexity index is 627. The largest absolute Gasteiger partial charge is 0.492 e. The van der Waals surface area contributed by atoms with Crippen LogP contribution < -0.4 is 10.1 Å². The molecular formula is C15H16N2O4S. The number of rotatable bonds is 8. The summed E-state index contributed by atoms with van der Waals surface area (Å²) in [7, 11) is 0. The maximum absolute atomic E-state index is 11.7. The number of hydrogen-bond donors (Lipinski definition) is 2. The molecule has 0 aliphatic heterocycles. The molecular weight excluding hydrogens is 304 g/mol. The van der Waals surface area contributed by atoms with E-state index >= 15 is 0 Å². The van der Waals surface area contributed by atoms with Gasteiger partial charge in [-0.15, -0.1) is 11.3 Å². The van der Waals surface area contributed by atoms with Gasteiger partial charge in [-0.3, -0.25) is 9.59 Å². The van der Waals surface area contributed by atoms with Gasteiger partial charge in [0.1, 0.15) is 17.4 Å². The third kappa shape index (κ3) is 5.53. The molecule has 0 bridgehead atoms. The molecule has 1 heterocycles. The Morgan fingerprint density at radius 1 is 1.23 bits per heavy atom. The van der Waals surface area contributed by atoms with E-state index in [2.05, 4.69) is 10.3 Å². The molecule has 0 aliphatic rings. The molecule has 0 saturated heterocycles. The first-order valence-electron chi connectivity index (χ1n) is 6.73. The lowest BCUT2D eigenvalue weighted by atomic mass is 10.3. The highest BCUT2D eigenvalue weighted by Gasteiger charge is 2.09. The van der Waals surface area contributed by atoms with Gasteiger partial charge in [-0.25, -0.2) is 4.98 Å². The van der Waals surface area contributed by atoms with Crippen LogP contribution in [0.15, 0.2) is 35.7 Å². The molecule has 2 N–H and O–H groups in total. The zero-order chi connectivity index (χ0) is 15.8. The van der Waals surface area contributed by atoms with Crippen LogP contribution in [-0.2, 0) is 22.4 Å². The van der Waals surface area contributed by atoms with E-state index in [-0.39, 0.29) is 18.7 Å². The number of nitrogens with one attached hydrogen (secondary N) is 1. The Hall–Kier alpha value is -2.41. The van der Waals surface area contributed by atoms with Gasteiger partial charge in [0.05, 0.1) is 25.1 Å². The molecule has 0 atom stereocenters. The Morgan fingerprint density at radius 3 is 2.73 bits per heavy atom. The predicted molar refractivity (Wildman–Crippen MR) is 82.1 cm³/mol. The molecule has 116 valence electrons. The SMILES string of the molecule is O=C(O)Cc1csc(CC(=O)NCCOc2ccccc2)n1. The number of carbonyl (C=O) groups excluding carboxylic acids is 1. The third-order valence-electron chi connectivity index (χ3n) is 2.68. The molecule has 0 aliphatic carbocycles. The number of thiazole rings is 1. The van der Waals surface area contributed by atoms with Gasteiger partial charge < -0.3 is 15.2 Å². The topological polar surface area (TPSA) is 88.5 Å². The molecule has 1 aromatic heterocycles. The summed E-state index contributed by atoms with van der Waals surface area (Å²) in [6, 6.07) is 9.36. The van der Waals surface area contributed by atoms with E-state index in [9.17, 15) is 9.59 Å². The van der Waals surface area contributed by atoms with Gasteiger partial charge in [-0.2, -0.15) is 0 Å². The molecule has 0 fully saturated rings. The lowest BCUT2D eigenvalue weighted by Gasteiger charge is -2.06. The van der Waals surface area contributed by atoms with Crippen LogP contribution in [0.2, 0.25) is 0 Å². The van der Waals surface area contributed by atoms with Crippen LogP contribution in [0, 0.1) is 0 Å². The average molecular weight is 320 g/mol. The summed E-state index contributed by atoms with van der Waals surface area (Å²) >= 11 is 1.29. The number of hydrogen-bond acceptors (Lipinski definition) is 5. The number of benzene rings is 1. The number of carboxylic acid groups (broad SMARTS) is 1. The maximum Gasteiger partial charge on any atom is 0.309 e. The predicted octanol–water partition coefficient (Wildman–Crippen LogP) is 1.51. The zero-order valence-corrected chi connectivity index (χ0v) is 12.6. The normalized spacial score (nSPS) is 10.2. The van der Waals surface area contributed by atoms with Crippen LogP contribution in [0.4, 0.5) is 0 Å². The smallest absolute Gasteiger partial charge is 0.309 e. The Labute approximate surface area is 131 Å². The number of aromatic nitrogens is 1. The minimum Gasteiger partial charge on any atom is -0.492 e. The van der Waals surface area contributed by atoms with Gasteiger partial charge in [0.25, 0.3) is 0 Å². The molecule has 2 rings (SSSR count). The maximum atomic E-state index is 11.7. The number of nitrogens with zero attached hydrogens (tertiary/aromatic N) is 1. The average Bonchev–Trinajstić information content (AvgIpc) is 2.91. The molecule has 1 aromatic carbocycles. The van der Waals surface area contributed by atoms with Crippen LogP contribution in [0.1, 0.15) is 10.7 Å². The van der Waals surface area contributed by atoms with Crippen molar-refractivity contribution in [1.29, 1.82) is 0 Å². The van der Waals surface area contributed by atoms with E-state index < -0.39 is 5.97 Å². The van der Waals surface area contributed by atoms with Gasteiger partial charge in [0.2, 0.25) is 5.91 Å². The fourth-order valence-electron chi connectivity index (χ4n) is 1.74. The molecule has 1 amide bonds. The molecule has 6 nitrogen and oxygen atoms in total. The summed E-state index contributed by atoms with van der Waals surface area (Å²) in [6.45, 7) is 0.791. The van der Waals surface area contributed by atoms with Crippen LogP contribution in [0.5, 0.6) is 5.75 Å². The van der Waals surface area contributed by atoms with E-state index in [1.54, 1.807) is 5.38 Å². The molecule has 0 spiro atoms. The monoisotopic (exact) mass is 320 g/mol. The van der Waals surface area contributed by atoms with Crippen LogP contribution >= 0.6 is 11.3 Å². The third-order valence-corrected chi connectivity index (χ3v) is 3.58. The van der Waals surface area contributed by atoms with E-state index in [4.69, 9.17) is 9.84 Å². The van der Waals surface area contributed by atoms with Crippen molar-refractivity contribution in [3.05, 3.63) is 46.4 Å². The summed E-state index contributed by atoms with van der Waals surface area (Å²) < 4.78 is 5.46. The van der Waals surface area contributed by atoms with E-state index in [0.717, 1.165) is 5.75 Å². The highest BCUT2D eigenvalue weighted by atomic mass is 32.1. The summed E-state index contributed by atoms with van der Waals surface area (Å²) in [4.78, 5) is 26.4. The summed E-state index contributed by atoms with van der Waals surface area (Å²) in [6.07, 6.45) is 0.0264. The van der Waals surface area contributed by atoms with Gasteiger partial charge in [0, 0.05) is 5.38 Å². The molecule has 0 radical (unpaired) electrons. The number of aliphatic carboxylic acids is 1. The molecule has 0 unspecified atom stereocenters. The van der Waals surface area contributed by atoms with Crippen molar-refractivity contribution < 1.29 is 19.4 Å². The second-order valence-electron chi connectivity index (χ2n) is 4.49. The van der Waals surface area contributed by atoms with Gasteiger partial charge in [-0.1, -0.05) is 18.2 Å². The quantitative estimate of drug-likeness (QED) is 0.720. The lowest BCUT2D eigenvalue weighted by molar-refractivity contribution is -0.136. The van der Waals surface area contributed by atoms with Crippen molar-refractivity contribution in [2.75, 3.05) is 13.2 Å². The summed E-state index contributed by atoms with van der Waals surface area (Å²) in [5.41, 5.74) is 0.479. The van der Waals surface area contributed by atoms with Gasteiger partial charge in [-0.05, 0) is 12.1 Å². The first-order valence-corrected chi connectivity index (χ1v) is 7.61. The summed E-state index contributed by atoms with van der Waals surface area (Å²) in [5.74, 6) is -0.331. The fraction of sp³-hybridized carbons (Fsp3) is 0.267. The van der Waals surface area contributed by atoms with Crippen LogP contribution in [0.3, 0.4) is 0 Å². The van der Waals surface area contributed by atoms with Gasteiger partial charge >= 0.3 is 5.97 Å². The van der Waals surface area contributed by atoms with E-state index in [0.29, 0.717) is 23.9 Å². The van der Waals surface area contributed by atoms with Crippen molar-refractivity contribution in [3.63, 3.8) is 0 Å².